The molecule has 1 aromatic heterocycles. The van der Waals surface area contributed by atoms with Gasteiger partial charge in [-0.2, -0.15) is 0 Å². The van der Waals surface area contributed by atoms with Crippen LogP contribution in [-0.2, 0) is 35.2 Å². The van der Waals surface area contributed by atoms with E-state index in [9.17, 15) is 19.2 Å². The highest BCUT2D eigenvalue weighted by Crippen LogP contribution is 2.08. The van der Waals surface area contributed by atoms with Crippen LogP contribution in [0.5, 0.6) is 0 Å². The Kier molecular flexibility index (Phi) is 6.11. The molecule has 0 fully saturated rings. The van der Waals surface area contributed by atoms with Crippen molar-refractivity contribution in [2.75, 3.05) is 0 Å². The summed E-state index contributed by atoms with van der Waals surface area (Å²) in [7, 11) is 0. The van der Waals surface area contributed by atoms with Gasteiger partial charge in [-0.3, -0.25) is 14.4 Å². The molecule has 0 saturated carbocycles. The topological polar surface area (TPSA) is 132 Å². The van der Waals surface area contributed by atoms with Crippen LogP contribution in [0.4, 0.5) is 0 Å². The lowest BCUT2D eigenvalue weighted by atomic mass is 10.2. The van der Waals surface area contributed by atoms with Crippen LogP contribution in [0.2, 0.25) is 0 Å². The zero-order chi connectivity index (χ0) is 16.7. The van der Waals surface area contributed by atoms with Crippen LogP contribution >= 0.6 is 0 Å². The molecule has 0 bridgehead atoms. The molecule has 0 saturated heterocycles. The zero-order valence-electron chi connectivity index (χ0n) is 11.9. The minimum atomic E-state index is -1.95. The first kappa shape index (κ1) is 17.2. The number of nitrogens with one attached hydrogen (secondary N) is 1. The maximum absolute atomic E-state index is 12.0. The minimum absolute atomic E-state index is 0.0456. The first-order valence-corrected chi connectivity index (χ1v) is 6.18. The standard InChI is InChI=1S/C13H15NO8/c1-7(15)21-10(11(13(18)19)22-8(2)16)12(17)14-6-9-4-3-5-20-9/h3-5,10-11H,6H2,1-2H3,(H,14,17)(H,18,19). The summed E-state index contributed by atoms with van der Waals surface area (Å²) >= 11 is 0. The van der Waals surface area contributed by atoms with Gasteiger partial charge in [0.2, 0.25) is 12.2 Å². The lowest BCUT2D eigenvalue weighted by Gasteiger charge is -2.22. The van der Waals surface area contributed by atoms with Gasteiger partial charge in [0, 0.05) is 13.8 Å². The van der Waals surface area contributed by atoms with Crippen molar-refractivity contribution in [3.63, 3.8) is 0 Å². The third-order valence-corrected chi connectivity index (χ3v) is 2.38. The van der Waals surface area contributed by atoms with Crippen molar-refractivity contribution < 1.29 is 38.2 Å². The molecule has 1 rings (SSSR count). The second kappa shape index (κ2) is 7.81. The maximum atomic E-state index is 12.0. The van der Waals surface area contributed by atoms with Crippen LogP contribution in [0.25, 0.3) is 0 Å². The van der Waals surface area contributed by atoms with E-state index in [4.69, 9.17) is 9.52 Å². The maximum Gasteiger partial charge on any atom is 0.349 e. The second-order valence-corrected chi connectivity index (χ2v) is 4.20. The van der Waals surface area contributed by atoms with Gasteiger partial charge in [-0.25, -0.2) is 4.79 Å². The number of esters is 2. The van der Waals surface area contributed by atoms with Crippen LogP contribution in [0, 0.1) is 0 Å². The Morgan fingerprint density at radius 1 is 1.18 bits per heavy atom. The zero-order valence-corrected chi connectivity index (χ0v) is 11.9. The van der Waals surface area contributed by atoms with E-state index in [1.54, 1.807) is 12.1 Å². The molecule has 0 radical (unpaired) electrons. The summed E-state index contributed by atoms with van der Waals surface area (Å²) in [6, 6.07) is 3.19. The summed E-state index contributed by atoms with van der Waals surface area (Å²) < 4.78 is 14.2. The van der Waals surface area contributed by atoms with E-state index in [0.717, 1.165) is 13.8 Å². The molecule has 9 nitrogen and oxygen atoms in total. The molecule has 0 aliphatic rings. The Balaban J connectivity index is 2.83. The summed E-state index contributed by atoms with van der Waals surface area (Å²) in [5.74, 6) is -3.95. The lowest BCUT2D eigenvalue weighted by molar-refractivity contribution is -0.180. The fourth-order valence-electron chi connectivity index (χ4n) is 1.54. The van der Waals surface area contributed by atoms with Gasteiger partial charge in [0.05, 0.1) is 12.8 Å². The quantitative estimate of drug-likeness (QED) is 0.664. The molecular formula is C13H15NO8. The Labute approximate surface area is 125 Å². The van der Waals surface area contributed by atoms with Gasteiger partial charge < -0.3 is 24.3 Å². The highest BCUT2D eigenvalue weighted by Gasteiger charge is 2.39. The fourth-order valence-corrected chi connectivity index (χ4v) is 1.54. The number of rotatable bonds is 7. The average molecular weight is 313 g/mol. The fraction of sp³-hybridized carbons (Fsp3) is 0.385. The van der Waals surface area contributed by atoms with E-state index in [0.29, 0.717) is 5.76 Å². The van der Waals surface area contributed by atoms with Gasteiger partial charge in [0.25, 0.3) is 5.91 Å². The Bertz CT molecular complexity index is 550. The van der Waals surface area contributed by atoms with Crippen molar-refractivity contribution in [1.29, 1.82) is 0 Å². The van der Waals surface area contributed by atoms with Crippen molar-refractivity contribution in [2.24, 2.45) is 0 Å². The first-order chi connectivity index (χ1) is 10.3. The molecule has 120 valence electrons. The lowest BCUT2D eigenvalue weighted by Crippen LogP contribution is -2.49. The number of carbonyl (C=O) groups is 4. The normalized spacial score (nSPS) is 12.8. The number of furan rings is 1. The highest BCUT2D eigenvalue weighted by atomic mass is 16.6. The summed E-state index contributed by atoms with van der Waals surface area (Å²) in [4.78, 5) is 45.1. The third-order valence-electron chi connectivity index (χ3n) is 2.38. The smallest absolute Gasteiger partial charge is 0.349 e. The first-order valence-electron chi connectivity index (χ1n) is 6.18. The van der Waals surface area contributed by atoms with Gasteiger partial charge in [0.15, 0.2) is 0 Å². The van der Waals surface area contributed by atoms with Crippen LogP contribution in [0.1, 0.15) is 19.6 Å². The van der Waals surface area contributed by atoms with Gasteiger partial charge in [-0.15, -0.1) is 0 Å². The Morgan fingerprint density at radius 3 is 2.23 bits per heavy atom. The SMILES string of the molecule is CC(=O)OC(C(=O)O)C(OC(C)=O)C(=O)NCc1ccco1. The van der Waals surface area contributed by atoms with Crippen molar-refractivity contribution >= 4 is 23.8 Å². The Hall–Kier alpha value is -2.84. The molecule has 22 heavy (non-hydrogen) atoms. The average Bonchev–Trinajstić information content (AvgIpc) is 2.92. The van der Waals surface area contributed by atoms with Crippen molar-refractivity contribution in [1.82, 2.24) is 5.32 Å². The number of amides is 1. The van der Waals surface area contributed by atoms with E-state index in [1.165, 1.54) is 6.26 Å². The second-order valence-electron chi connectivity index (χ2n) is 4.20. The highest BCUT2D eigenvalue weighted by molar-refractivity contribution is 5.90. The van der Waals surface area contributed by atoms with Crippen molar-refractivity contribution in [2.45, 2.75) is 32.6 Å². The van der Waals surface area contributed by atoms with E-state index >= 15 is 0 Å². The summed E-state index contributed by atoms with van der Waals surface area (Å²) in [6.45, 7) is 1.93. The predicted molar refractivity (Wildman–Crippen MR) is 69.3 cm³/mol. The number of carboxylic acids is 1. The largest absolute Gasteiger partial charge is 0.478 e. The van der Waals surface area contributed by atoms with E-state index in [-0.39, 0.29) is 6.54 Å². The Morgan fingerprint density at radius 2 is 1.77 bits per heavy atom. The summed E-state index contributed by atoms with van der Waals surface area (Å²) in [5, 5.41) is 11.4. The van der Waals surface area contributed by atoms with E-state index in [2.05, 4.69) is 14.8 Å². The molecule has 0 aromatic carbocycles. The van der Waals surface area contributed by atoms with Gasteiger partial charge >= 0.3 is 17.9 Å². The van der Waals surface area contributed by atoms with Crippen LogP contribution in [-0.4, -0.2) is 41.1 Å². The van der Waals surface area contributed by atoms with Gasteiger partial charge in [-0.1, -0.05) is 0 Å². The van der Waals surface area contributed by atoms with E-state index in [1.807, 2.05) is 0 Å². The third kappa shape index (κ3) is 5.27. The number of carbonyl (C=O) groups excluding carboxylic acids is 3. The molecule has 1 amide bonds. The van der Waals surface area contributed by atoms with Crippen LogP contribution in [0.3, 0.4) is 0 Å². The van der Waals surface area contributed by atoms with Crippen molar-refractivity contribution in [3.8, 4) is 0 Å². The number of hydrogen-bond donors (Lipinski definition) is 2. The molecule has 0 spiro atoms. The number of carboxylic acid groups (broad SMARTS) is 1. The van der Waals surface area contributed by atoms with E-state index < -0.39 is 36.0 Å². The molecule has 1 heterocycles. The molecule has 2 atom stereocenters. The van der Waals surface area contributed by atoms with Crippen LogP contribution in [0.15, 0.2) is 22.8 Å². The predicted octanol–water partition coefficient (Wildman–Crippen LogP) is -0.156. The van der Waals surface area contributed by atoms with Crippen molar-refractivity contribution in [3.05, 3.63) is 24.2 Å². The number of aliphatic carboxylic acids is 1. The molecule has 2 unspecified atom stereocenters. The summed E-state index contributed by atoms with van der Waals surface area (Å²) in [5.41, 5.74) is 0. The summed E-state index contributed by atoms with van der Waals surface area (Å²) in [6.07, 6.45) is -2.36. The van der Waals surface area contributed by atoms with Gasteiger partial charge in [-0.05, 0) is 12.1 Å². The number of ether oxygens (including phenoxy) is 2. The molecule has 2 N–H and O–H groups in total. The monoisotopic (exact) mass is 313 g/mol. The molecule has 9 heteroatoms. The molecular weight excluding hydrogens is 298 g/mol. The minimum Gasteiger partial charge on any atom is -0.478 e. The molecule has 0 aliphatic carbocycles. The van der Waals surface area contributed by atoms with Gasteiger partial charge in [0.1, 0.15) is 5.76 Å². The molecule has 0 aliphatic heterocycles. The van der Waals surface area contributed by atoms with Crippen LogP contribution < -0.4 is 5.32 Å². The number of hydrogen-bond acceptors (Lipinski definition) is 7. The molecule has 1 aromatic rings.